The summed E-state index contributed by atoms with van der Waals surface area (Å²) >= 11 is 0. The summed E-state index contributed by atoms with van der Waals surface area (Å²) < 4.78 is 0. The minimum absolute atomic E-state index is 0.313. The third-order valence-electron chi connectivity index (χ3n) is 2.86. The lowest BCUT2D eigenvalue weighted by atomic mass is 10.0. The Balaban J connectivity index is 2.46. The van der Waals surface area contributed by atoms with E-state index >= 15 is 0 Å². The number of hydrogen-bond acceptors (Lipinski definition) is 2. The molecule has 0 saturated heterocycles. The van der Waals surface area contributed by atoms with Crippen LogP contribution >= 0.6 is 0 Å². The third-order valence-corrected chi connectivity index (χ3v) is 2.86. The molecule has 0 fully saturated rings. The maximum atomic E-state index is 9.21. The van der Waals surface area contributed by atoms with Crippen LogP contribution in [0.4, 0.5) is 0 Å². The second-order valence-corrected chi connectivity index (χ2v) is 4.45. The fourth-order valence-electron chi connectivity index (χ4n) is 1.91. The summed E-state index contributed by atoms with van der Waals surface area (Å²) in [5.74, 6) is 3.01. The molecule has 0 radical (unpaired) electrons. The van der Waals surface area contributed by atoms with Crippen molar-refractivity contribution < 1.29 is 5.11 Å². The van der Waals surface area contributed by atoms with Crippen LogP contribution in [-0.4, -0.2) is 17.2 Å². The SMILES string of the molecule is C#CCC(CC)NC(C)Cc1ccc(O)cc1. The number of phenols is 1. The smallest absolute Gasteiger partial charge is 0.115 e. The molecule has 2 nitrogen and oxygen atoms in total. The van der Waals surface area contributed by atoms with E-state index in [4.69, 9.17) is 6.42 Å². The molecule has 0 saturated carbocycles. The number of terminal acetylenes is 1. The lowest BCUT2D eigenvalue weighted by Gasteiger charge is -2.20. The quantitative estimate of drug-likeness (QED) is 0.738. The Morgan fingerprint density at radius 1 is 1.35 bits per heavy atom. The van der Waals surface area contributed by atoms with E-state index in [1.54, 1.807) is 12.1 Å². The van der Waals surface area contributed by atoms with E-state index in [0.717, 1.165) is 19.3 Å². The summed E-state index contributed by atoms with van der Waals surface area (Å²) in [6, 6.07) is 8.14. The summed E-state index contributed by atoms with van der Waals surface area (Å²) in [6.07, 6.45) is 8.10. The van der Waals surface area contributed by atoms with Crippen LogP contribution in [0.1, 0.15) is 32.3 Å². The monoisotopic (exact) mass is 231 g/mol. The average Bonchev–Trinajstić information content (AvgIpc) is 2.31. The van der Waals surface area contributed by atoms with Crippen LogP contribution < -0.4 is 5.32 Å². The van der Waals surface area contributed by atoms with Crippen molar-refractivity contribution in [2.45, 2.75) is 45.2 Å². The number of rotatable bonds is 6. The first-order chi connectivity index (χ1) is 8.15. The largest absolute Gasteiger partial charge is 0.508 e. The van der Waals surface area contributed by atoms with Crippen molar-refractivity contribution in [3.8, 4) is 18.1 Å². The first-order valence-electron chi connectivity index (χ1n) is 6.13. The molecule has 92 valence electrons. The number of hydrogen-bond donors (Lipinski definition) is 2. The molecule has 0 heterocycles. The van der Waals surface area contributed by atoms with Gasteiger partial charge in [-0.05, 0) is 37.5 Å². The Morgan fingerprint density at radius 3 is 2.53 bits per heavy atom. The fourth-order valence-corrected chi connectivity index (χ4v) is 1.91. The Morgan fingerprint density at radius 2 is 2.00 bits per heavy atom. The minimum Gasteiger partial charge on any atom is -0.508 e. The molecule has 0 aliphatic heterocycles. The molecular weight excluding hydrogens is 210 g/mol. The van der Waals surface area contributed by atoms with Gasteiger partial charge in [0.2, 0.25) is 0 Å². The highest BCUT2D eigenvalue weighted by Gasteiger charge is 2.09. The van der Waals surface area contributed by atoms with Crippen LogP contribution in [0.2, 0.25) is 0 Å². The first kappa shape index (κ1) is 13.6. The van der Waals surface area contributed by atoms with E-state index in [9.17, 15) is 5.11 Å². The number of aromatic hydroxyl groups is 1. The molecule has 17 heavy (non-hydrogen) atoms. The summed E-state index contributed by atoms with van der Waals surface area (Å²) in [5, 5.41) is 12.7. The van der Waals surface area contributed by atoms with Crippen LogP contribution in [0.15, 0.2) is 24.3 Å². The van der Waals surface area contributed by atoms with E-state index in [0.29, 0.717) is 17.8 Å². The van der Waals surface area contributed by atoms with Crippen LogP contribution in [0.5, 0.6) is 5.75 Å². The molecule has 1 aromatic carbocycles. The Hall–Kier alpha value is -1.46. The molecule has 0 aliphatic carbocycles. The molecule has 2 atom stereocenters. The van der Waals surface area contributed by atoms with Crippen LogP contribution in [0.25, 0.3) is 0 Å². The van der Waals surface area contributed by atoms with Gasteiger partial charge in [0.05, 0.1) is 0 Å². The lowest BCUT2D eigenvalue weighted by Crippen LogP contribution is -2.37. The van der Waals surface area contributed by atoms with Crippen molar-refractivity contribution in [1.82, 2.24) is 5.32 Å². The Bertz CT molecular complexity index is 364. The zero-order valence-corrected chi connectivity index (χ0v) is 10.6. The van der Waals surface area contributed by atoms with Crippen molar-refractivity contribution >= 4 is 0 Å². The molecule has 2 heteroatoms. The van der Waals surface area contributed by atoms with Crippen LogP contribution in [0.3, 0.4) is 0 Å². The van der Waals surface area contributed by atoms with Gasteiger partial charge < -0.3 is 10.4 Å². The normalized spacial score (nSPS) is 13.9. The van der Waals surface area contributed by atoms with E-state index in [2.05, 4.69) is 25.1 Å². The van der Waals surface area contributed by atoms with E-state index < -0.39 is 0 Å². The van der Waals surface area contributed by atoms with Gasteiger partial charge in [0.25, 0.3) is 0 Å². The zero-order valence-electron chi connectivity index (χ0n) is 10.6. The van der Waals surface area contributed by atoms with Gasteiger partial charge in [-0.15, -0.1) is 12.3 Å². The zero-order chi connectivity index (χ0) is 12.7. The van der Waals surface area contributed by atoms with E-state index in [-0.39, 0.29) is 0 Å². The Labute approximate surface area is 104 Å². The number of phenolic OH excluding ortho intramolecular Hbond substituents is 1. The second-order valence-electron chi connectivity index (χ2n) is 4.45. The van der Waals surface area contributed by atoms with Crippen molar-refractivity contribution in [3.63, 3.8) is 0 Å². The van der Waals surface area contributed by atoms with Crippen molar-refractivity contribution in [2.75, 3.05) is 0 Å². The van der Waals surface area contributed by atoms with Gasteiger partial charge in [0, 0.05) is 18.5 Å². The molecule has 1 aromatic rings. The molecule has 0 spiro atoms. The summed E-state index contributed by atoms with van der Waals surface area (Å²) in [4.78, 5) is 0. The third kappa shape index (κ3) is 4.93. The standard InChI is InChI=1S/C15H21NO/c1-4-6-14(5-2)16-12(3)11-13-7-9-15(17)10-8-13/h1,7-10,12,14,16-17H,5-6,11H2,2-3H3. The molecule has 0 bridgehead atoms. The van der Waals surface area contributed by atoms with Gasteiger partial charge >= 0.3 is 0 Å². The Kier molecular flexibility index (Phi) is 5.59. The maximum Gasteiger partial charge on any atom is 0.115 e. The van der Waals surface area contributed by atoms with E-state index in [1.165, 1.54) is 5.56 Å². The van der Waals surface area contributed by atoms with Crippen molar-refractivity contribution in [1.29, 1.82) is 0 Å². The van der Waals surface area contributed by atoms with Gasteiger partial charge in [-0.2, -0.15) is 0 Å². The van der Waals surface area contributed by atoms with Crippen molar-refractivity contribution in [2.24, 2.45) is 0 Å². The molecule has 2 N–H and O–H groups in total. The van der Waals surface area contributed by atoms with Gasteiger partial charge in [-0.25, -0.2) is 0 Å². The van der Waals surface area contributed by atoms with Gasteiger partial charge in [0.1, 0.15) is 5.75 Å². The predicted octanol–water partition coefficient (Wildman–Crippen LogP) is 2.71. The fraction of sp³-hybridized carbons (Fsp3) is 0.467. The van der Waals surface area contributed by atoms with Crippen LogP contribution in [-0.2, 0) is 6.42 Å². The van der Waals surface area contributed by atoms with Crippen molar-refractivity contribution in [3.05, 3.63) is 29.8 Å². The highest BCUT2D eigenvalue weighted by Crippen LogP contribution is 2.11. The molecule has 0 aromatic heterocycles. The van der Waals surface area contributed by atoms with Gasteiger partial charge in [-0.1, -0.05) is 19.1 Å². The highest BCUT2D eigenvalue weighted by molar-refractivity contribution is 5.26. The molecule has 2 unspecified atom stereocenters. The predicted molar refractivity (Wildman–Crippen MR) is 71.9 cm³/mol. The average molecular weight is 231 g/mol. The summed E-state index contributed by atoms with van der Waals surface area (Å²) in [7, 11) is 0. The molecule has 1 rings (SSSR count). The highest BCUT2D eigenvalue weighted by atomic mass is 16.3. The van der Waals surface area contributed by atoms with Gasteiger partial charge in [-0.3, -0.25) is 0 Å². The van der Waals surface area contributed by atoms with Crippen LogP contribution in [0, 0.1) is 12.3 Å². The first-order valence-corrected chi connectivity index (χ1v) is 6.13. The summed E-state index contributed by atoms with van der Waals surface area (Å²) in [5.41, 5.74) is 1.22. The number of nitrogens with one attached hydrogen (secondary N) is 1. The van der Waals surface area contributed by atoms with Gasteiger partial charge in [0.15, 0.2) is 0 Å². The second kappa shape index (κ2) is 6.98. The molecule has 0 aliphatic rings. The minimum atomic E-state index is 0.313. The lowest BCUT2D eigenvalue weighted by molar-refractivity contribution is 0.437. The molecular formula is C15H21NO. The summed E-state index contributed by atoms with van der Waals surface area (Å²) in [6.45, 7) is 4.30. The topological polar surface area (TPSA) is 32.3 Å². The molecule has 0 amide bonds. The number of benzene rings is 1. The maximum absolute atomic E-state index is 9.21. The van der Waals surface area contributed by atoms with E-state index in [1.807, 2.05) is 12.1 Å².